The van der Waals surface area contributed by atoms with E-state index in [9.17, 15) is 9.59 Å². The summed E-state index contributed by atoms with van der Waals surface area (Å²) in [5, 5.41) is 10.5. The van der Waals surface area contributed by atoms with Crippen molar-refractivity contribution in [3.63, 3.8) is 0 Å². The van der Waals surface area contributed by atoms with Crippen LogP contribution in [0.2, 0.25) is 0 Å². The summed E-state index contributed by atoms with van der Waals surface area (Å²) in [6.45, 7) is 8.14. The summed E-state index contributed by atoms with van der Waals surface area (Å²) in [5.41, 5.74) is 3.94. The summed E-state index contributed by atoms with van der Waals surface area (Å²) >= 11 is 0. The van der Waals surface area contributed by atoms with E-state index in [0.29, 0.717) is 35.4 Å². The van der Waals surface area contributed by atoms with Crippen LogP contribution in [-0.2, 0) is 9.53 Å². The van der Waals surface area contributed by atoms with Gasteiger partial charge in [0.05, 0.1) is 29.6 Å². The van der Waals surface area contributed by atoms with Crippen molar-refractivity contribution in [1.29, 1.82) is 0 Å². The lowest BCUT2D eigenvalue weighted by Gasteiger charge is -2.11. The SMILES string of the molecule is CCOC(=O)c1ccc2c(c1)/C(=C(\CC)Nc1cnn(C(C)C)c1)C(=O)N2. The fourth-order valence-corrected chi connectivity index (χ4v) is 3.00. The van der Waals surface area contributed by atoms with E-state index in [1.807, 2.05) is 31.6 Å². The second-order valence-electron chi connectivity index (χ2n) is 6.57. The molecule has 0 aliphatic carbocycles. The first-order valence-electron chi connectivity index (χ1n) is 9.11. The molecule has 7 nitrogen and oxygen atoms in total. The Kier molecular flexibility index (Phi) is 5.30. The third kappa shape index (κ3) is 3.72. The smallest absolute Gasteiger partial charge is 0.338 e. The van der Waals surface area contributed by atoms with Gasteiger partial charge in [0.1, 0.15) is 0 Å². The Morgan fingerprint density at radius 2 is 2.11 bits per heavy atom. The summed E-state index contributed by atoms with van der Waals surface area (Å²) in [5.74, 6) is -0.588. The number of ether oxygens (including phenoxy) is 1. The van der Waals surface area contributed by atoms with E-state index in [1.165, 1.54) is 0 Å². The number of aromatic nitrogens is 2. The number of allylic oxidation sites excluding steroid dienone is 1. The van der Waals surface area contributed by atoms with Gasteiger partial charge in [0.15, 0.2) is 0 Å². The van der Waals surface area contributed by atoms with Crippen LogP contribution in [0, 0.1) is 0 Å². The molecule has 2 aromatic rings. The Morgan fingerprint density at radius 3 is 2.74 bits per heavy atom. The molecule has 0 fully saturated rings. The third-order valence-electron chi connectivity index (χ3n) is 4.36. The van der Waals surface area contributed by atoms with Crippen molar-refractivity contribution in [2.24, 2.45) is 0 Å². The first-order valence-corrected chi connectivity index (χ1v) is 9.11. The van der Waals surface area contributed by atoms with Crippen LogP contribution in [-0.4, -0.2) is 28.3 Å². The van der Waals surface area contributed by atoms with E-state index in [0.717, 1.165) is 11.4 Å². The Hall–Kier alpha value is -3.09. The predicted octanol–water partition coefficient (Wildman–Crippen LogP) is 3.83. The molecule has 2 heterocycles. The Morgan fingerprint density at radius 1 is 1.33 bits per heavy atom. The highest BCUT2D eigenvalue weighted by molar-refractivity contribution is 6.32. The van der Waals surface area contributed by atoms with Crippen molar-refractivity contribution in [3.8, 4) is 0 Å². The van der Waals surface area contributed by atoms with Crippen molar-refractivity contribution in [2.45, 2.75) is 40.2 Å². The molecular formula is C20H24N4O3. The van der Waals surface area contributed by atoms with Crippen LogP contribution < -0.4 is 10.6 Å². The molecule has 3 rings (SSSR count). The first-order chi connectivity index (χ1) is 12.9. The Balaban J connectivity index is 1.99. The second kappa shape index (κ2) is 7.65. The number of amides is 1. The monoisotopic (exact) mass is 368 g/mol. The fraction of sp³-hybridized carbons (Fsp3) is 0.350. The van der Waals surface area contributed by atoms with Gasteiger partial charge in [-0.3, -0.25) is 9.48 Å². The number of nitrogens with zero attached hydrogens (tertiary/aromatic N) is 2. The van der Waals surface area contributed by atoms with Gasteiger partial charge < -0.3 is 15.4 Å². The van der Waals surface area contributed by atoms with Gasteiger partial charge >= 0.3 is 5.97 Å². The molecule has 0 unspecified atom stereocenters. The summed E-state index contributed by atoms with van der Waals surface area (Å²) in [4.78, 5) is 24.7. The van der Waals surface area contributed by atoms with Gasteiger partial charge in [-0.2, -0.15) is 5.10 Å². The van der Waals surface area contributed by atoms with Crippen LogP contribution in [0.25, 0.3) is 5.57 Å². The molecule has 0 saturated heterocycles. The van der Waals surface area contributed by atoms with Gasteiger partial charge in [-0.25, -0.2) is 4.79 Å². The molecule has 1 aromatic carbocycles. The summed E-state index contributed by atoms with van der Waals surface area (Å²) in [6, 6.07) is 5.35. The van der Waals surface area contributed by atoms with Crippen LogP contribution >= 0.6 is 0 Å². The zero-order chi connectivity index (χ0) is 19.6. The molecule has 0 spiro atoms. The number of benzene rings is 1. The molecule has 0 bridgehead atoms. The zero-order valence-electron chi connectivity index (χ0n) is 16.0. The lowest BCUT2D eigenvalue weighted by molar-refractivity contribution is -0.110. The number of hydrogen-bond acceptors (Lipinski definition) is 5. The van der Waals surface area contributed by atoms with Crippen molar-refractivity contribution in [3.05, 3.63) is 47.4 Å². The van der Waals surface area contributed by atoms with Crippen LogP contribution in [0.3, 0.4) is 0 Å². The van der Waals surface area contributed by atoms with Gasteiger partial charge in [0.2, 0.25) is 0 Å². The number of esters is 1. The molecule has 0 saturated carbocycles. The van der Waals surface area contributed by atoms with E-state index < -0.39 is 5.97 Å². The van der Waals surface area contributed by atoms with Gasteiger partial charge in [-0.1, -0.05) is 6.92 Å². The highest BCUT2D eigenvalue weighted by Gasteiger charge is 2.28. The summed E-state index contributed by atoms with van der Waals surface area (Å²) in [7, 11) is 0. The molecule has 1 aliphatic heterocycles. The summed E-state index contributed by atoms with van der Waals surface area (Å²) < 4.78 is 6.92. The number of carbonyl (C=O) groups is 2. The standard InChI is InChI=1S/C20H24N4O3/c1-5-16(22-14-10-21-24(11-14)12(3)4)18-15-9-13(20(26)27-6-2)7-8-17(15)23-19(18)25/h7-12,22H,5-6H2,1-4H3,(H,23,25)/b18-16-. The quantitative estimate of drug-likeness (QED) is 0.598. The minimum Gasteiger partial charge on any atom is -0.462 e. The molecule has 27 heavy (non-hydrogen) atoms. The molecule has 7 heteroatoms. The first kappa shape index (κ1) is 18.7. The Bertz CT molecular complexity index is 912. The van der Waals surface area contributed by atoms with E-state index in [-0.39, 0.29) is 11.9 Å². The maximum Gasteiger partial charge on any atom is 0.338 e. The van der Waals surface area contributed by atoms with E-state index in [4.69, 9.17) is 4.74 Å². The zero-order valence-corrected chi connectivity index (χ0v) is 16.0. The van der Waals surface area contributed by atoms with Crippen molar-refractivity contribution in [2.75, 3.05) is 17.2 Å². The number of anilines is 2. The van der Waals surface area contributed by atoms with Crippen LogP contribution in [0.15, 0.2) is 36.3 Å². The van der Waals surface area contributed by atoms with Crippen molar-refractivity contribution >= 4 is 28.8 Å². The van der Waals surface area contributed by atoms with Gasteiger partial charge in [0.25, 0.3) is 5.91 Å². The van der Waals surface area contributed by atoms with Gasteiger partial charge in [-0.05, 0) is 45.4 Å². The number of fused-ring (bicyclic) bond motifs is 1. The maximum absolute atomic E-state index is 12.6. The van der Waals surface area contributed by atoms with Crippen LogP contribution in [0.5, 0.6) is 0 Å². The molecule has 1 aliphatic rings. The number of hydrogen-bond donors (Lipinski definition) is 2. The maximum atomic E-state index is 12.6. The summed E-state index contributed by atoms with van der Waals surface area (Å²) in [6.07, 6.45) is 4.27. The molecule has 0 radical (unpaired) electrons. The average molecular weight is 368 g/mol. The average Bonchev–Trinajstić information content (AvgIpc) is 3.23. The van der Waals surface area contributed by atoms with Gasteiger partial charge in [0, 0.05) is 29.2 Å². The predicted molar refractivity (Wildman–Crippen MR) is 104 cm³/mol. The molecular weight excluding hydrogens is 344 g/mol. The second-order valence-corrected chi connectivity index (χ2v) is 6.57. The van der Waals surface area contributed by atoms with Crippen LogP contribution in [0.1, 0.15) is 56.1 Å². The fourth-order valence-electron chi connectivity index (χ4n) is 3.00. The topological polar surface area (TPSA) is 85.2 Å². The highest BCUT2D eigenvalue weighted by Crippen LogP contribution is 2.36. The van der Waals surface area contributed by atoms with Crippen molar-refractivity contribution in [1.82, 2.24) is 9.78 Å². The van der Waals surface area contributed by atoms with Crippen LogP contribution in [0.4, 0.5) is 11.4 Å². The lowest BCUT2D eigenvalue weighted by atomic mass is 10.0. The molecule has 142 valence electrons. The lowest BCUT2D eigenvalue weighted by Crippen LogP contribution is -2.10. The minimum absolute atomic E-state index is 0.188. The number of rotatable bonds is 6. The van der Waals surface area contributed by atoms with Crippen molar-refractivity contribution < 1.29 is 14.3 Å². The number of carbonyl (C=O) groups excluding carboxylic acids is 2. The molecule has 2 N–H and O–H groups in total. The highest BCUT2D eigenvalue weighted by atomic mass is 16.5. The van der Waals surface area contributed by atoms with E-state index in [2.05, 4.69) is 15.7 Å². The minimum atomic E-state index is -0.400. The van der Waals surface area contributed by atoms with Gasteiger partial charge in [-0.15, -0.1) is 0 Å². The van der Waals surface area contributed by atoms with E-state index >= 15 is 0 Å². The largest absolute Gasteiger partial charge is 0.462 e. The van der Waals surface area contributed by atoms with E-state index in [1.54, 1.807) is 31.3 Å². The molecule has 1 aromatic heterocycles. The third-order valence-corrected chi connectivity index (χ3v) is 4.36. The normalized spacial score (nSPS) is 14.8. The molecule has 1 amide bonds. The number of nitrogens with one attached hydrogen (secondary N) is 2. The Labute approximate surface area is 158 Å². The molecule has 0 atom stereocenters.